The minimum Gasteiger partial charge on any atom is -0.401 e. The Morgan fingerprint density at radius 3 is 2.31 bits per heavy atom. The fourth-order valence-electron chi connectivity index (χ4n) is 1.91. The van der Waals surface area contributed by atoms with Gasteiger partial charge in [-0.2, -0.15) is 0 Å². The Morgan fingerprint density at radius 1 is 1.38 bits per heavy atom. The van der Waals surface area contributed by atoms with Crippen LogP contribution in [0.15, 0.2) is 23.4 Å². The number of hydrogen-bond donors (Lipinski definition) is 2. The summed E-state index contributed by atoms with van der Waals surface area (Å²) in [6.07, 6.45) is 4.00. The van der Waals surface area contributed by atoms with Crippen LogP contribution in [0.3, 0.4) is 0 Å². The average Bonchev–Trinajstić information content (AvgIpc) is 2.08. The van der Waals surface area contributed by atoms with Gasteiger partial charge in [0.2, 0.25) is 0 Å². The Labute approximate surface area is 80.7 Å². The molecule has 0 aromatic rings. The number of rotatable bonds is 1. The van der Waals surface area contributed by atoms with Crippen LogP contribution in [0, 0.1) is 11.3 Å². The van der Waals surface area contributed by atoms with E-state index in [0.29, 0.717) is 5.92 Å². The zero-order valence-corrected chi connectivity index (χ0v) is 8.96. The van der Waals surface area contributed by atoms with Gasteiger partial charge in [0.25, 0.3) is 0 Å². The molecule has 0 aromatic heterocycles. The summed E-state index contributed by atoms with van der Waals surface area (Å²) >= 11 is 0. The van der Waals surface area contributed by atoms with Crippen molar-refractivity contribution in [2.75, 3.05) is 0 Å². The molecule has 0 amide bonds. The lowest BCUT2D eigenvalue weighted by atomic mass is 9.65. The first-order valence-electron chi connectivity index (χ1n) is 4.80. The van der Waals surface area contributed by atoms with E-state index in [0.717, 1.165) is 5.70 Å². The van der Waals surface area contributed by atoms with Crippen LogP contribution in [0.1, 0.15) is 27.7 Å². The Kier molecular flexibility index (Phi) is 2.53. The van der Waals surface area contributed by atoms with E-state index in [1.807, 2.05) is 6.08 Å². The molecular formula is C11H20N2. The van der Waals surface area contributed by atoms with Crippen molar-refractivity contribution in [3.63, 3.8) is 0 Å². The Morgan fingerprint density at radius 2 is 1.92 bits per heavy atom. The maximum absolute atomic E-state index is 6.11. The quantitative estimate of drug-likeness (QED) is 0.646. The van der Waals surface area contributed by atoms with Gasteiger partial charge in [-0.3, -0.25) is 0 Å². The number of hydrogen-bond acceptors (Lipinski definition) is 2. The molecule has 1 aliphatic rings. The summed E-state index contributed by atoms with van der Waals surface area (Å²) in [5, 5.41) is 0. The predicted octanol–water partition coefficient (Wildman–Crippen LogP) is 1.78. The molecule has 0 heterocycles. The van der Waals surface area contributed by atoms with Crippen LogP contribution in [0.25, 0.3) is 0 Å². The van der Waals surface area contributed by atoms with E-state index in [4.69, 9.17) is 11.5 Å². The summed E-state index contributed by atoms with van der Waals surface area (Å²) in [5.41, 5.74) is 14.1. The average molecular weight is 180 g/mol. The molecule has 74 valence electrons. The van der Waals surface area contributed by atoms with Gasteiger partial charge in [-0.1, -0.05) is 32.4 Å². The summed E-state index contributed by atoms with van der Waals surface area (Å²) in [4.78, 5) is 0. The highest BCUT2D eigenvalue weighted by atomic mass is 14.8. The van der Waals surface area contributed by atoms with Crippen LogP contribution in [0.5, 0.6) is 0 Å². The van der Waals surface area contributed by atoms with Gasteiger partial charge in [-0.05, 0) is 18.9 Å². The van der Waals surface area contributed by atoms with Crippen LogP contribution >= 0.6 is 0 Å². The zero-order valence-electron chi connectivity index (χ0n) is 8.96. The van der Waals surface area contributed by atoms with Crippen molar-refractivity contribution < 1.29 is 0 Å². The molecule has 4 N–H and O–H groups in total. The monoisotopic (exact) mass is 180 g/mol. The van der Waals surface area contributed by atoms with Crippen LogP contribution < -0.4 is 11.5 Å². The molecule has 0 aromatic carbocycles. The predicted molar refractivity (Wildman–Crippen MR) is 56.9 cm³/mol. The molecule has 0 aliphatic heterocycles. The molecule has 0 saturated carbocycles. The third-order valence-electron chi connectivity index (χ3n) is 3.58. The van der Waals surface area contributed by atoms with E-state index >= 15 is 0 Å². The van der Waals surface area contributed by atoms with E-state index in [2.05, 4.69) is 33.8 Å². The molecule has 0 saturated heterocycles. The summed E-state index contributed by atoms with van der Waals surface area (Å²) in [5.74, 6) is 0.506. The Balaban J connectivity index is 3.12. The largest absolute Gasteiger partial charge is 0.401 e. The van der Waals surface area contributed by atoms with Gasteiger partial charge >= 0.3 is 0 Å². The minimum atomic E-state index is -0.0440. The number of allylic oxidation sites excluding steroid dienone is 2. The van der Waals surface area contributed by atoms with Crippen molar-refractivity contribution in [1.82, 2.24) is 0 Å². The van der Waals surface area contributed by atoms with E-state index in [1.165, 1.54) is 5.57 Å². The molecule has 13 heavy (non-hydrogen) atoms. The van der Waals surface area contributed by atoms with Gasteiger partial charge in [0, 0.05) is 11.1 Å². The lowest BCUT2D eigenvalue weighted by Crippen LogP contribution is -2.48. The van der Waals surface area contributed by atoms with E-state index in [9.17, 15) is 0 Å². The molecule has 1 aliphatic carbocycles. The van der Waals surface area contributed by atoms with Crippen molar-refractivity contribution in [1.29, 1.82) is 0 Å². The van der Waals surface area contributed by atoms with Crippen LogP contribution in [0.2, 0.25) is 0 Å². The fraction of sp³-hybridized carbons (Fsp3) is 0.636. The Bertz CT molecular complexity index is 263. The number of nitrogens with two attached hydrogens (primary N) is 2. The first-order chi connectivity index (χ1) is 5.90. The first-order valence-corrected chi connectivity index (χ1v) is 4.80. The van der Waals surface area contributed by atoms with E-state index in [-0.39, 0.29) is 11.5 Å². The molecule has 0 radical (unpaired) electrons. The van der Waals surface area contributed by atoms with Crippen molar-refractivity contribution in [2.24, 2.45) is 22.8 Å². The normalized spacial score (nSPS) is 34.5. The molecule has 1 rings (SSSR count). The summed E-state index contributed by atoms with van der Waals surface area (Å²) < 4.78 is 0. The van der Waals surface area contributed by atoms with E-state index < -0.39 is 0 Å². The highest BCUT2D eigenvalue weighted by Crippen LogP contribution is 2.41. The first kappa shape index (κ1) is 10.3. The second-order valence-corrected chi connectivity index (χ2v) is 4.43. The van der Waals surface area contributed by atoms with E-state index in [1.54, 1.807) is 0 Å². The van der Waals surface area contributed by atoms with Crippen LogP contribution in [-0.4, -0.2) is 6.04 Å². The molecule has 2 nitrogen and oxygen atoms in total. The summed E-state index contributed by atoms with van der Waals surface area (Å²) in [6, 6.07) is -0.0440. The molecule has 2 heteroatoms. The van der Waals surface area contributed by atoms with Gasteiger partial charge in [-0.15, -0.1) is 0 Å². The fourth-order valence-corrected chi connectivity index (χ4v) is 1.91. The SMILES string of the molecule is CC1=CC=C(N)C(N)C1(C)C(C)C. The highest BCUT2D eigenvalue weighted by Gasteiger charge is 2.39. The summed E-state index contributed by atoms with van der Waals surface area (Å²) in [7, 11) is 0. The lowest BCUT2D eigenvalue weighted by Gasteiger charge is -2.42. The second kappa shape index (κ2) is 3.18. The van der Waals surface area contributed by atoms with Gasteiger partial charge in [-0.25, -0.2) is 0 Å². The zero-order chi connectivity index (χ0) is 10.2. The maximum Gasteiger partial charge on any atom is 0.0537 e. The van der Waals surface area contributed by atoms with Crippen LogP contribution in [0.4, 0.5) is 0 Å². The van der Waals surface area contributed by atoms with Gasteiger partial charge in [0.15, 0.2) is 0 Å². The standard InChI is InChI=1S/C11H20N2/c1-7(2)11(4)8(3)5-6-9(12)10(11)13/h5-7,10H,12-13H2,1-4H3. The third-order valence-corrected chi connectivity index (χ3v) is 3.58. The maximum atomic E-state index is 6.11. The third kappa shape index (κ3) is 1.39. The second-order valence-electron chi connectivity index (χ2n) is 4.43. The van der Waals surface area contributed by atoms with Crippen molar-refractivity contribution in [3.05, 3.63) is 23.4 Å². The van der Waals surface area contributed by atoms with Gasteiger partial charge in [0.1, 0.15) is 0 Å². The van der Waals surface area contributed by atoms with Crippen molar-refractivity contribution >= 4 is 0 Å². The van der Waals surface area contributed by atoms with Gasteiger partial charge < -0.3 is 11.5 Å². The molecule has 0 fully saturated rings. The smallest absolute Gasteiger partial charge is 0.0537 e. The molecule has 0 spiro atoms. The van der Waals surface area contributed by atoms with Crippen molar-refractivity contribution in [2.45, 2.75) is 33.7 Å². The van der Waals surface area contributed by atoms with Crippen molar-refractivity contribution in [3.8, 4) is 0 Å². The van der Waals surface area contributed by atoms with Crippen LogP contribution in [-0.2, 0) is 0 Å². The molecule has 0 bridgehead atoms. The molecule has 2 unspecified atom stereocenters. The molecule has 2 atom stereocenters. The summed E-state index contributed by atoms with van der Waals surface area (Å²) in [6.45, 7) is 8.70. The molecular weight excluding hydrogens is 160 g/mol. The van der Waals surface area contributed by atoms with Gasteiger partial charge in [0.05, 0.1) is 6.04 Å². The highest BCUT2D eigenvalue weighted by molar-refractivity contribution is 5.33. The minimum absolute atomic E-state index is 0.0127. The topological polar surface area (TPSA) is 52.0 Å². The lowest BCUT2D eigenvalue weighted by molar-refractivity contribution is 0.235. The Hall–Kier alpha value is -0.760.